The smallest absolute Gasteiger partial charge is 0.304 e. The van der Waals surface area contributed by atoms with Crippen molar-refractivity contribution >= 4 is 35.0 Å². The average Bonchev–Trinajstić information content (AvgIpc) is 2.41. The lowest BCUT2D eigenvalue weighted by atomic mass is 10.0. The van der Waals surface area contributed by atoms with E-state index in [0.717, 1.165) is 5.56 Å². The highest BCUT2D eigenvalue weighted by molar-refractivity contribution is 6.37. The van der Waals surface area contributed by atoms with Crippen LogP contribution in [0.15, 0.2) is 12.1 Å². The summed E-state index contributed by atoms with van der Waals surface area (Å²) in [5.41, 5.74) is 1.17. The highest BCUT2D eigenvalue weighted by atomic mass is 35.5. The predicted octanol–water partition coefficient (Wildman–Crippen LogP) is 2.82. The molecule has 16 heavy (non-hydrogen) atoms. The Labute approximate surface area is 102 Å². The van der Waals surface area contributed by atoms with Gasteiger partial charge >= 0.3 is 5.97 Å². The second-order valence-corrected chi connectivity index (χ2v) is 4.63. The van der Waals surface area contributed by atoms with Crippen LogP contribution in [-0.4, -0.2) is 16.9 Å². The van der Waals surface area contributed by atoms with Gasteiger partial charge in [-0.05, 0) is 24.1 Å². The van der Waals surface area contributed by atoms with Gasteiger partial charge in [-0.1, -0.05) is 23.2 Å². The van der Waals surface area contributed by atoms with Gasteiger partial charge in [0.1, 0.15) is 0 Å². The molecule has 2 rings (SSSR count). The lowest BCUT2D eigenvalue weighted by molar-refractivity contribution is -0.137. The van der Waals surface area contributed by atoms with E-state index in [-0.39, 0.29) is 12.2 Å². The fourth-order valence-electron chi connectivity index (χ4n) is 2.00. The number of rotatable bonds is 2. The first-order valence-electron chi connectivity index (χ1n) is 4.73. The van der Waals surface area contributed by atoms with E-state index in [1.807, 2.05) is 0 Å². The van der Waals surface area contributed by atoms with Crippen LogP contribution in [0, 0.1) is 5.92 Å². The number of carbonyl (C=O) groups excluding carboxylic acids is 1. The lowest BCUT2D eigenvalue weighted by Crippen LogP contribution is -2.14. The number of Topliss-reactive ketones (excluding diaryl/α,β-unsaturated/α-hetero) is 1. The van der Waals surface area contributed by atoms with Crippen LogP contribution in [0.25, 0.3) is 0 Å². The van der Waals surface area contributed by atoms with Crippen LogP contribution >= 0.6 is 23.2 Å². The number of fused-ring (bicyclic) bond motifs is 1. The monoisotopic (exact) mass is 258 g/mol. The van der Waals surface area contributed by atoms with Crippen LogP contribution in [-0.2, 0) is 11.2 Å². The molecule has 0 amide bonds. The van der Waals surface area contributed by atoms with Gasteiger partial charge in [0.2, 0.25) is 0 Å². The molecule has 0 radical (unpaired) electrons. The van der Waals surface area contributed by atoms with Crippen molar-refractivity contribution in [2.45, 2.75) is 12.8 Å². The normalized spacial score (nSPS) is 18.6. The molecule has 0 bridgehead atoms. The fourth-order valence-corrected chi connectivity index (χ4v) is 2.63. The van der Waals surface area contributed by atoms with Gasteiger partial charge in [0.15, 0.2) is 5.78 Å². The van der Waals surface area contributed by atoms with Gasteiger partial charge in [-0.15, -0.1) is 0 Å². The Hall–Kier alpha value is -1.06. The van der Waals surface area contributed by atoms with Crippen LogP contribution < -0.4 is 0 Å². The molecular formula is C11H8Cl2O3. The first-order chi connectivity index (χ1) is 7.49. The first-order valence-corrected chi connectivity index (χ1v) is 5.48. The molecule has 3 nitrogen and oxygen atoms in total. The standard InChI is InChI=1S/C11H8Cl2O3/c12-7-2-5-1-6(3-9(14)15)11(16)10(5)8(13)4-7/h2,4,6H,1,3H2,(H,14,15). The molecular weight excluding hydrogens is 251 g/mol. The van der Waals surface area contributed by atoms with Gasteiger partial charge in [-0.3, -0.25) is 9.59 Å². The zero-order valence-electron chi connectivity index (χ0n) is 8.17. The maximum Gasteiger partial charge on any atom is 0.304 e. The Kier molecular flexibility index (Phi) is 2.91. The van der Waals surface area contributed by atoms with E-state index in [9.17, 15) is 9.59 Å². The fraction of sp³-hybridized carbons (Fsp3) is 0.273. The third-order valence-corrected chi connectivity index (χ3v) is 3.16. The molecule has 0 saturated carbocycles. The van der Waals surface area contributed by atoms with E-state index in [1.165, 1.54) is 6.07 Å². The van der Waals surface area contributed by atoms with Crippen molar-refractivity contribution < 1.29 is 14.7 Å². The van der Waals surface area contributed by atoms with Crippen LogP contribution in [0.1, 0.15) is 22.3 Å². The summed E-state index contributed by atoms with van der Waals surface area (Å²) < 4.78 is 0. The number of hydrogen-bond donors (Lipinski definition) is 1. The van der Waals surface area contributed by atoms with Crippen molar-refractivity contribution in [3.05, 3.63) is 33.3 Å². The highest BCUT2D eigenvalue weighted by Crippen LogP contribution is 2.35. The predicted molar refractivity (Wildman–Crippen MR) is 60.2 cm³/mol. The Morgan fingerprint density at radius 2 is 2.12 bits per heavy atom. The van der Waals surface area contributed by atoms with Crippen molar-refractivity contribution in [3.8, 4) is 0 Å². The van der Waals surface area contributed by atoms with E-state index in [1.54, 1.807) is 6.07 Å². The van der Waals surface area contributed by atoms with E-state index in [2.05, 4.69) is 0 Å². The molecule has 1 aliphatic carbocycles. The number of carboxylic acid groups (broad SMARTS) is 1. The third kappa shape index (κ3) is 1.93. The quantitative estimate of drug-likeness (QED) is 0.888. The molecule has 1 aliphatic rings. The lowest BCUT2D eigenvalue weighted by Gasteiger charge is -2.02. The van der Waals surface area contributed by atoms with Gasteiger partial charge < -0.3 is 5.11 Å². The minimum Gasteiger partial charge on any atom is -0.481 e. The Bertz CT molecular complexity index is 482. The van der Waals surface area contributed by atoms with Gasteiger partial charge in [-0.25, -0.2) is 0 Å². The van der Waals surface area contributed by atoms with Crippen LogP contribution in [0.3, 0.4) is 0 Å². The number of carboxylic acids is 1. The average molecular weight is 259 g/mol. The minimum absolute atomic E-state index is 0.165. The van der Waals surface area contributed by atoms with E-state index < -0.39 is 11.9 Å². The van der Waals surface area contributed by atoms with E-state index >= 15 is 0 Å². The van der Waals surface area contributed by atoms with E-state index in [0.29, 0.717) is 22.0 Å². The number of halogens is 2. The van der Waals surface area contributed by atoms with Crippen molar-refractivity contribution in [2.24, 2.45) is 5.92 Å². The van der Waals surface area contributed by atoms with Crippen molar-refractivity contribution in [2.75, 3.05) is 0 Å². The Balaban J connectivity index is 2.38. The molecule has 0 aromatic heterocycles. The second-order valence-electron chi connectivity index (χ2n) is 3.78. The summed E-state index contributed by atoms with van der Waals surface area (Å²) >= 11 is 11.7. The molecule has 1 N–H and O–H groups in total. The molecule has 1 unspecified atom stereocenters. The van der Waals surface area contributed by atoms with Crippen molar-refractivity contribution in [3.63, 3.8) is 0 Å². The molecule has 1 atom stereocenters. The summed E-state index contributed by atoms with van der Waals surface area (Å²) in [4.78, 5) is 22.5. The van der Waals surface area contributed by atoms with Crippen molar-refractivity contribution in [1.29, 1.82) is 0 Å². The topological polar surface area (TPSA) is 54.4 Å². The molecule has 0 fully saturated rings. The summed E-state index contributed by atoms with van der Waals surface area (Å²) in [5.74, 6) is -1.68. The summed E-state index contributed by atoms with van der Waals surface area (Å²) in [5, 5.41) is 9.45. The van der Waals surface area contributed by atoms with Gasteiger partial charge in [0, 0.05) is 16.5 Å². The van der Waals surface area contributed by atoms with Gasteiger partial charge in [0.05, 0.1) is 11.4 Å². The zero-order chi connectivity index (χ0) is 11.9. The summed E-state index contributed by atoms with van der Waals surface area (Å²) in [6.07, 6.45) is 0.238. The van der Waals surface area contributed by atoms with Crippen molar-refractivity contribution in [1.82, 2.24) is 0 Å². The van der Waals surface area contributed by atoms with Gasteiger partial charge in [0.25, 0.3) is 0 Å². The highest BCUT2D eigenvalue weighted by Gasteiger charge is 2.34. The Morgan fingerprint density at radius 3 is 2.75 bits per heavy atom. The SMILES string of the molecule is O=C(O)CC1Cc2cc(Cl)cc(Cl)c2C1=O. The second kappa shape index (κ2) is 4.07. The van der Waals surface area contributed by atoms with Crippen LogP contribution in [0.2, 0.25) is 10.0 Å². The van der Waals surface area contributed by atoms with E-state index in [4.69, 9.17) is 28.3 Å². The molecule has 84 valence electrons. The van der Waals surface area contributed by atoms with Gasteiger partial charge in [-0.2, -0.15) is 0 Å². The molecule has 0 aliphatic heterocycles. The molecule has 0 saturated heterocycles. The van der Waals surface area contributed by atoms with Crippen LogP contribution in [0.5, 0.6) is 0 Å². The minimum atomic E-state index is -0.978. The third-order valence-electron chi connectivity index (χ3n) is 2.64. The molecule has 1 aromatic rings. The molecule has 0 heterocycles. The number of hydrogen-bond acceptors (Lipinski definition) is 2. The molecule has 0 spiro atoms. The van der Waals surface area contributed by atoms with Crippen LogP contribution in [0.4, 0.5) is 0 Å². The number of carbonyl (C=O) groups is 2. The maximum atomic E-state index is 11.9. The summed E-state index contributed by atoms with van der Waals surface area (Å²) in [6.45, 7) is 0. The maximum absolute atomic E-state index is 11.9. The number of ketones is 1. The largest absolute Gasteiger partial charge is 0.481 e. The Morgan fingerprint density at radius 1 is 1.44 bits per heavy atom. The molecule has 1 aromatic carbocycles. The summed E-state index contributed by atoms with van der Waals surface area (Å²) in [6, 6.07) is 3.17. The zero-order valence-corrected chi connectivity index (χ0v) is 9.68. The first kappa shape index (κ1) is 11.4. The number of aliphatic carboxylic acids is 1. The number of benzene rings is 1. The summed E-state index contributed by atoms with van der Waals surface area (Å²) in [7, 11) is 0. The molecule has 5 heteroatoms.